The molecule has 24 heteroatoms. The summed E-state index contributed by atoms with van der Waals surface area (Å²) >= 11 is 0. The molecule has 0 bridgehead atoms. The van der Waals surface area contributed by atoms with E-state index in [1.165, 1.54) is 5.70 Å². The van der Waals surface area contributed by atoms with Crippen LogP contribution in [0.4, 0.5) is 0 Å². The summed E-state index contributed by atoms with van der Waals surface area (Å²) in [6, 6.07) is 4.33. The number of carbonyl (C=O) groups is 3. The molecule has 85 heavy (non-hydrogen) atoms. The molecular weight excluding hydrogens is 1090 g/mol. The van der Waals surface area contributed by atoms with Crippen molar-refractivity contribution in [3.05, 3.63) is 66.2 Å². The molecule has 3 amide bonds. The number of hydrogen-bond acceptors (Lipinski definition) is 18. The smallest absolute Gasteiger partial charge is 0.243 e. The summed E-state index contributed by atoms with van der Waals surface area (Å²) in [7, 11) is 3.50. The third-order valence-corrected chi connectivity index (χ3v) is 17.3. The first-order valence-electron chi connectivity index (χ1n) is 31.5. The first kappa shape index (κ1) is 69.0. The van der Waals surface area contributed by atoms with E-state index in [0.717, 1.165) is 74.9 Å². The molecule has 478 valence electrons. The summed E-state index contributed by atoms with van der Waals surface area (Å²) < 4.78 is 0. The number of aliphatic hydroxyl groups is 6. The number of nitrogens with two attached hydrogens (primary N) is 1. The Balaban J connectivity index is 0.908. The predicted molar refractivity (Wildman–Crippen MR) is 330 cm³/mol. The second kappa shape index (κ2) is 36.3. The van der Waals surface area contributed by atoms with Gasteiger partial charge in [0.2, 0.25) is 17.7 Å². The van der Waals surface area contributed by atoms with E-state index in [1.807, 2.05) is 67.4 Å². The zero-order valence-electron chi connectivity index (χ0n) is 51.1. The minimum atomic E-state index is -1.34. The van der Waals surface area contributed by atoms with Gasteiger partial charge in [-0.3, -0.25) is 50.4 Å². The van der Waals surface area contributed by atoms with Crippen LogP contribution >= 0.6 is 0 Å². The summed E-state index contributed by atoms with van der Waals surface area (Å²) in [5, 5.41) is 95.7. The van der Waals surface area contributed by atoms with Crippen molar-refractivity contribution >= 4 is 34.7 Å². The lowest BCUT2D eigenvalue weighted by molar-refractivity contribution is -0.132. The molecule has 4 aliphatic rings. The first-order chi connectivity index (χ1) is 41.0. The molecule has 6 rings (SSSR count). The van der Waals surface area contributed by atoms with Crippen LogP contribution in [0.25, 0.3) is 11.0 Å². The molecule has 15 atom stereocenters. The highest BCUT2D eigenvalue weighted by molar-refractivity contribution is 5.92. The Morgan fingerprint density at radius 2 is 1.59 bits per heavy atom. The molecule has 1 unspecified atom stereocenters. The number of allylic oxidation sites excluding steroid dienone is 5. The topological polar surface area (TPSA) is 354 Å². The molecule has 2 aliphatic heterocycles. The van der Waals surface area contributed by atoms with Gasteiger partial charge in [-0.15, -0.1) is 0 Å². The van der Waals surface area contributed by atoms with E-state index < -0.39 is 79.3 Å². The normalized spacial score (nSPS) is 28.2. The maximum absolute atomic E-state index is 14.2. The van der Waals surface area contributed by atoms with Crippen molar-refractivity contribution in [3.8, 4) is 0 Å². The Morgan fingerprint density at radius 3 is 2.34 bits per heavy atom. The highest BCUT2D eigenvalue weighted by Crippen LogP contribution is 2.35. The Kier molecular flexibility index (Phi) is 29.5. The second-order valence-corrected chi connectivity index (χ2v) is 24.0. The molecule has 0 spiro atoms. The standard InChI is InChI=1S/C61H105N15O9/c1-6-43-56(81)74-50(34-40-20-11-10-12-21-40)58(83)73-49(57(82)72-48(25-19-32-66-61(62)63-4)55(80)67-36-53(78)71-43)24-15-17-30-64-52(77)29-26-39(3)54(79)65-31-16-8-9-18-33-76-37-42-35-41(27-28-45(42)68-44(7-2)60(76)85)59(84)75(5)38-51-69-46-22-13-14-23-47(46)70-51/h10-14,20,22-23,28,39-44,48-50,52,54-55,57,59-60,64-65,67-68,72,77,79-80,82,84-85H,6-9,15-19,21,24-27,29-38H2,1-5H3,(H,69,70)(H,71,78)(H,73,83)(H,74,81)(H3,62,63,66)/t39-,40+,41-,42+,43+,44+,48?,49+,50-,52-,54-,55-,57-,59+,60+/m1/s1. The van der Waals surface area contributed by atoms with Gasteiger partial charge in [-0.05, 0) is 140 Å². The van der Waals surface area contributed by atoms with Gasteiger partial charge >= 0.3 is 0 Å². The number of hydrogen-bond donors (Lipinski definition) is 17. The van der Waals surface area contributed by atoms with Crippen molar-refractivity contribution in [1.29, 1.82) is 0 Å². The van der Waals surface area contributed by atoms with Crippen LogP contribution in [0.15, 0.2) is 65.3 Å². The summed E-state index contributed by atoms with van der Waals surface area (Å²) in [6.07, 6.45) is 15.3. The number of aromatic nitrogens is 2. The van der Waals surface area contributed by atoms with Crippen molar-refractivity contribution in [3.63, 3.8) is 0 Å². The van der Waals surface area contributed by atoms with Crippen molar-refractivity contribution in [2.24, 2.45) is 34.4 Å². The third-order valence-electron chi connectivity index (χ3n) is 17.3. The quantitative estimate of drug-likeness (QED) is 0.0225. The zero-order valence-corrected chi connectivity index (χ0v) is 51.1. The number of rotatable bonds is 30. The SMILES string of the molecule is CC[C@@H]1NC(=O)CN[C@H](O)C(CCCNC(N)=NC)N[C@H](O)[C@H](CCCCN[C@H](O)CC[C@@H](C)[C@@H](O)NCCCCCCN2C[C@@H]3C[C@H]([C@H](O)N(C)Cc4nc5ccccc5[nH]4)CC=C3N[C@@H](CC)[C@@H]2O)NC(=O)[C@@H](C[C@H]2C=CC=CC2)NC1=O. The molecular formula is C61H105N15O9. The van der Waals surface area contributed by atoms with Crippen LogP contribution in [0.1, 0.15) is 136 Å². The van der Waals surface area contributed by atoms with Gasteiger partial charge < -0.3 is 67.9 Å². The number of aromatic amines is 1. The maximum Gasteiger partial charge on any atom is 0.243 e. The van der Waals surface area contributed by atoms with E-state index in [-0.39, 0.29) is 48.6 Å². The Hall–Kier alpha value is -5.09. The molecule has 2 aliphatic carbocycles. The predicted octanol–water partition coefficient (Wildman–Crippen LogP) is 1.09. The Bertz CT molecular complexity index is 2410. The number of carbonyl (C=O) groups excluding carboxylic acids is 3. The van der Waals surface area contributed by atoms with E-state index in [9.17, 15) is 45.0 Å². The summed E-state index contributed by atoms with van der Waals surface area (Å²) in [5.74, 6) is -0.365. The lowest BCUT2D eigenvalue weighted by Gasteiger charge is -2.36. The van der Waals surface area contributed by atoms with E-state index in [0.29, 0.717) is 84.0 Å². The average Bonchev–Trinajstić information content (AvgIpc) is 3.00. The number of H-pyrrole nitrogens is 1. The van der Waals surface area contributed by atoms with Crippen LogP contribution in [-0.2, 0) is 20.9 Å². The van der Waals surface area contributed by atoms with Gasteiger partial charge in [-0.25, -0.2) is 4.98 Å². The van der Waals surface area contributed by atoms with Gasteiger partial charge in [-0.2, -0.15) is 0 Å². The van der Waals surface area contributed by atoms with Crippen molar-refractivity contribution in [2.45, 2.75) is 204 Å². The number of unbranched alkanes of at least 4 members (excludes halogenated alkanes) is 4. The number of nitrogens with one attached hydrogen (secondary N) is 10. The fourth-order valence-electron chi connectivity index (χ4n) is 12.0. The number of nitrogens with zero attached hydrogens (tertiary/aromatic N) is 4. The fourth-order valence-corrected chi connectivity index (χ4v) is 12.0. The first-order valence-corrected chi connectivity index (χ1v) is 31.5. The molecule has 0 radical (unpaired) electrons. The van der Waals surface area contributed by atoms with E-state index in [4.69, 9.17) is 10.7 Å². The molecule has 0 saturated carbocycles. The maximum atomic E-state index is 14.2. The number of imidazole rings is 1. The van der Waals surface area contributed by atoms with Crippen LogP contribution in [0.2, 0.25) is 0 Å². The van der Waals surface area contributed by atoms with Crippen molar-refractivity contribution in [1.82, 2.24) is 67.6 Å². The Morgan fingerprint density at radius 1 is 0.835 bits per heavy atom. The van der Waals surface area contributed by atoms with E-state index in [1.54, 1.807) is 14.0 Å². The minimum Gasteiger partial charge on any atom is -0.382 e. The molecule has 3 heterocycles. The van der Waals surface area contributed by atoms with Gasteiger partial charge in [0.1, 0.15) is 55.3 Å². The van der Waals surface area contributed by atoms with Gasteiger partial charge in [0.25, 0.3) is 0 Å². The fraction of sp³-hybridized carbons (Fsp3) is 0.721. The van der Waals surface area contributed by atoms with E-state index in [2.05, 4.69) is 75.7 Å². The van der Waals surface area contributed by atoms with Gasteiger partial charge in [-0.1, -0.05) is 76.1 Å². The number of fused-ring (bicyclic) bond motifs is 2. The highest BCUT2D eigenvalue weighted by atomic mass is 16.3. The lowest BCUT2D eigenvalue weighted by atomic mass is 9.82. The van der Waals surface area contributed by atoms with Crippen molar-refractivity contribution < 1.29 is 45.0 Å². The number of aliphatic hydroxyl groups excluding tert-OH is 6. The molecule has 1 aromatic heterocycles. The number of guanidine groups is 1. The number of benzene rings is 1. The van der Waals surface area contributed by atoms with Gasteiger partial charge in [0.15, 0.2) is 5.96 Å². The molecule has 2 aromatic rings. The van der Waals surface area contributed by atoms with Crippen LogP contribution in [-0.4, -0.2) is 195 Å². The zero-order chi connectivity index (χ0) is 61.3. The second-order valence-electron chi connectivity index (χ2n) is 24.0. The van der Waals surface area contributed by atoms with E-state index >= 15 is 0 Å². The molecule has 1 aromatic carbocycles. The van der Waals surface area contributed by atoms with Gasteiger partial charge in [0.05, 0.1) is 36.2 Å². The van der Waals surface area contributed by atoms with Crippen LogP contribution in [0, 0.1) is 23.7 Å². The van der Waals surface area contributed by atoms with Crippen LogP contribution in [0.3, 0.4) is 0 Å². The van der Waals surface area contributed by atoms with Crippen molar-refractivity contribution in [2.75, 3.05) is 53.4 Å². The molecule has 24 nitrogen and oxygen atoms in total. The monoisotopic (exact) mass is 1190 g/mol. The molecule has 2 fully saturated rings. The Labute approximate surface area is 503 Å². The van der Waals surface area contributed by atoms with Crippen LogP contribution < -0.4 is 53.6 Å². The average molecular weight is 1190 g/mol. The molecule has 2 saturated heterocycles. The number of para-hydroxylation sites is 2. The largest absolute Gasteiger partial charge is 0.382 e. The third kappa shape index (κ3) is 22.5. The highest BCUT2D eigenvalue weighted by Gasteiger charge is 2.39. The van der Waals surface area contributed by atoms with Crippen LogP contribution in [0.5, 0.6) is 0 Å². The summed E-state index contributed by atoms with van der Waals surface area (Å²) in [5.41, 5.74) is 8.88. The van der Waals surface area contributed by atoms with Gasteiger partial charge in [0, 0.05) is 50.3 Å². The number of amides is 3. The minimum absolute atomic E-state index is 0.0344. The molecule has 18 N–H and O–H groups in total. The summed E-state index contributed by atoms with van der Waals surface area (Å²) in [6.45, 7) is 9.03. The lowest BCUT2D eigenvalue weighted by Crippen LogP contribution is -2.60. The number of aliphatic imine (C=N–C) groups is 1. The summed E-state index contributed by atoms with van der Waals surface area (Å²) in [4.78, 5) is 57.0.